The number of anilines is 1. The molecule has 144 valence electrons. The number of carbonyl (C=O) groups excluding carboxylic acids is 1. The van der Waals surface area contributed by atoms with E-state index in [1.165, 1.54) is 7.11 Å². The first-order valence-electron chi connectivity index (χ1n) is 9.15. The molecule has 0 bridgehead atoms. The van der Waals surface area contributed by atoms with Gasteiger partial charge < -0.3 is 15.0 Å². The summed E-state index contributed by atoms with van der Waals surface area (Å²) in [6, 6.07) is 22.5. The van der Waals surface area contributed by atoms with Crippen LogP contribution in [-0.4, -0.2) is 23.0 Å². The highest BCUT2D eigenvalue weighted by Crippen LogP contribution is 2.24. The molecule has 4 rings (SSSR count). The molecule has 3 aromatic carbocycles. The number of benzene rings is 3. The number of fused-ring (bicyclic) bond motifs is 1. The number of para-hydroxylation sites is 2. The molecule has 0 aliphatic rings. The first-order valence-corrected chi connectivity index (χ1v) is 9.15. The van der Waals surface area contributed by atoms with Gasteiger partial charge in [0, 0.05) is 0 Å². The van der Waals surface area contributed by atoms with Crippen molar-refractivity contribution in [3.63, 3.8) is 0 Å². The van der Waals surface area contributed by atoms with Gasteiger partial charge in [0.2, 0.25) is 5.91 Å². The van der Waals surface area contributed by atoms with Crippen LogP contribution in [0.5, 0.6) is 5.75 Å². The number of aromatic amines is 1. The van der Waals surface area contributed by atoms with Gasteiger partial charge in [-0.1, -0.05) is 48.5 Å². The predicted molar refractivity (Wildman–Crippen MR) is 113 cm³/mol. The maximum Gasteiger partial charge on any atom is 0.258 e. The number of ether oxygens (including phenoxy) is 1. The second kappa shape index (κ2) is 7.98. The van der Waals surface area contributed by atoms with E-state index >= 15 is 0 Å². The van der Waals surface area contributed by atoms with E-state index in [4.69, 9.17) is 4.74 Å². The van der Waals surface area contributed by atoms with Crippen LogP contribution in [0.1, 0.15) is 5.82 Å². The van der Waals surface area contributed by atoms with Crippen LogP contribution in [0.25, 0.3) is 22.0 Å². The fraction of sp³-hybridized carbons (Fsp3) is 0.0870. The van der Waals surface area contributed by atoms with E-state index in [9.17, 15) is 9.59 Å². The molecule has 0 radical (unpaired) electrons. The second-order valence-electron chi connectivity index (χ2n) is 6.54. The molecule has 0 saturated heterocycles. The molecule has 0 atom stereocenters. The highest BCUT2D eigenvalue weighted by Gasteiger charge is 2.12. The first-order chi connectivity index (χ1) is 14.1. The molecule has 29 heavy (non-hydrogen) atoms. The Hall–Kier alpha value is -3.93. The Labute approximate surface area is 167 Å². The molecule has 0 saturated carbocycles. The molecule has 6 nitrogen and oxygen atoms in total. The van der Waals surface area contributed by atoms with Gasteiger partial charge in [0.25, 0.3) is 5.56 Å². The highest BCUT2D eigenvalue weighted by molar-refractivity contribution is 5.93. The van der Waals surface area contributed by atoms with Crippen LogP contribution >= 0.6 is 0 Å². The lowest BCUT2D eigenvalue weighted by Gasteiger charge is -2.10. The van der Waals surface area contributed by atoms with E-state index in [0.29, 0.717) is 28.2 Å². The van der Waals surface area contributed by atoms with Crippen molar-refractivity contribution in [1.29, 1.82) is 0 Å². The van der Waals surface area contributed by atoms with Gasteiger partial charge >= 0.3 is 0 Å². The molecule has 4 aromatic rings. The van der Waals surface area contributed by atoms with Crippen molar-refractivity contribution in [3.05, 3.63) is 89.0 Å². The Morgan fingerprint density at radius 1 is 1.00 bits per heavy atom. The maximum atomic E-state index is 12.6. The van der Waals surface area contributed by atoms with Gasteiger partial charge in [0.1, 0.15) is 11.6 Å². The van der Waals surface area contributed by atoms with Crippen LogP contribution < -0.4 is 15.6 Å². The summed E-state index contributed by atoms with van der Waals surface area (Å²) in [4.78, 5) is 32.1. The molecule has 6 heteroatoms. The molecular formula is C23H19N3O3. The summed E-state index contributed by atoms with van der Waals surface area (Å²) in [6.45, 7) is 0. The lowest BCUT2D eigenvalue weighted by atomic mass is 10.0. The lowest BCUT2D eigenvalue weighted by Crippen LogP contribution is -2.20. The average molecular weight is 385 g/mol. The molecule has 2 N–H and O–H groups in total. The molecule has 0 aliphatic carbocycles. The number of methoxy groups -OCH3 is 1. The Morgan fingerprint density at radius 3 is 2.55 bits per heavy atom. The van der Waals surface area contributed by atoms with Crippen molar-refractivity contribution in [2.45, 2.75) is 6.42 Å². The number of nitrogens with one attached hydrogen (secondary N) is 2. The van der Waals surface area contributed by atoms with Crippen LogP contribution in [0.15, 0.2) is 77.6 Å². The molecule has 1 aromatic heterocycles. The molecule has 0 fully saturated rings. The number of H-pyrrole nitrogens is 1. The monoisotopic (exact) mass is 385 g/mol. The van der Waals surface area contributed by atoms with E-state index in [1.54, 1.807) is 24.3 Å². The third kappa shape index (κ3) is 4.01. The number of hydrogen-bond acceptors (Lipinski definition) is 4. The summed E-state index contributed by atoms with van der Waals surface area (Å²) in [7, 11) is 1.54. The van der Waals surface area contributed by atoms with Crippen molar-refractivity contribution in [2.24, 2.45) is 0 Å². The zero-order valence-corrected chi connectivity index (χ0v) is 15.8. The van der Waals surface area contributed by atoms with Crippen molar-refractivity contribution in [2.75, 3.05) is 12.4 Å². The van der Waals surface area contributed by atoms with Crippen LogP contribution in [0.2, 0.25) is 0 Å². The minimum atomic E-state index is -0.294. The Balaban J connectivity index is 1.59. The number of amides is 1. The third-order valence-corrected chi connectivity index (χ3v) is 4.57. The standard InChI is InChI=1S/C23H19N3O3/c1-29-20-10-6-5-9-19(20)25-22(27)14-21-24-18-12-11-16(13-17(18)23(28)26-21)15-7-3-2-4-8-15/h2-13H,14H2,1H3,(H,25,27)(H,24,26,28). The number of hydrogen-bond donors (Lipinski definition) is 2. The molecule has 1 amide bonds. The molecule has 1 heterocycles. The smallest absolute Gasteiger partial charge is 0.258 e. The first kappa shape index (κ1) is 18.4. The van der Waals surface area contributed by atoms with Crippen molar-refractivity contribution < 1.29 is 9.53 Å². The summed E-state index contributed by atoms with van der Waals surface area (Å²) in [5, 5.41) is 3.27. The fourth-order valence-corrected chi connectivity index (χ4v) is 3.18. The summed E-state index contributed by atoms with van der Waals surface area (Å²) in [5.74, 6) is 0.578. The summed E-state index contributed by atoms with van der Waals surface area (Å²) < 4.78 is 5.23. The van der Waals surface area contributed by atoms with Gasteiger partial charge in [-0.2, -0.15) is 0 Å². The number of aromatic nitrogens is 2. The lowest BCUT2D eigenvalue weighted by molar-refractivity contribution is -0.115. The van der Waals surface area contributed by atoms with Gasteiger partial charge in [0.05, 0.1) is 30.1 Å². The van der Waals surface area contributed by atoms with Gasteiger partial charge in [-0.3, -0.25) is 9.59 Å². The summed E-state index contributed by atoms with van der Waals surface area (Å²) >= 11 is 0. The van der Waals surface area contributed by atoms with Crippen LogP contribution in [0, 0.1) is 0 Å². The second-order valence-corrected chi connectivity index (χ2v) is 6.54. The molecular weight excluding hydrogens is 366 g/mol. The van der Waals surface area contributed by atoms with E-state index in [2.05, 4.69) is 15.3 Å². The van der Waals surface area contributed by atoms with E-state index in [1.807, 2.05) is 48.5 Å². The SMILES string of the molecule is COc1ccccc1NC(=O)Cc1nc2ccc(-c3ccccc3)cc2c(=O)[nH]1. The third-order valence-electron chi connectivity index (χ3n) is 4.57. The zero-order valence-electron chi connectivity index (χ0n) is 15.8. The number of nitrogens with zero attached hydrogens (tertiary/aromatic N) is 1. The Kier molecular flexibility index (Phi) is 5.07. The maximum absolute atomic E-state index is 12.6. The Morgan fingerprint density at radius 2 is 1.76 bits per heavy atom. The Bertz CT molecular complexity index is 1230. The summed E-state index contributed by atoms with van der Waals surface area (Å²) in [5.41, 5.74) is 2.80. The molecule has 0 spiro atoms. The topological polar surface area (TPSA) is 84.1 Å². The van der Waals surface area contributed by atoms with Gasteiger partial charge in [-0.15, -0.1) is 0 Å². The minimum absolute atomic E-state index is 0.0519. The van der Waals surface area contributed by atoms with Gasteiger partial charge in [-0.05, 0) is 35.4 Å². The summed E-state index contributed by atoms with van der Waals surface area (Å²) in [6.07, 6.45) is -0.0519. The molecule has 0 unspecified atom stereocenters. The highest BCUT2D eigenvalue weighted by atomic mass is 16.5. The van der Waals surface area contributed by atoms with Crippen molar-refractivity contribution >= 4 is 22.5 Å². The van der Waals surface area contributed by atoms with Crippen LogP contribution in [0.3, 0.4) is 0 Å². The minimum Gasteiger partial charge on any atom is -0.495 e. The largest absolute Gasteiger partial charge is 0.495 e. The fourth-order valence-electron chi connectivity index (χ4n) is 3.18. The normalized spacial score (nSPS) is 10.7. The number of carbonyl (C=O) groups is 1. The van der Waals surface area contributed by atoms with E-state index < -0.39 is 0 Å². The van der Waals surface area contributed by atoms with Gasteiger partial charge in [-0.25, -0.2) is 4.98 Å². The quantitative estimate of drug-likeness (QED) is 0.548. The van der Waals surface area contributed by atoms with Gasteiger partial charge in [0.15, 0.2) is 0 Å². The van der Waals surface area contributed by atoms with Crippen LogP contribution in [0.4, 0.5) is 5.69 Å². The van der Waals surface area contributed by atoms with E-state index in [0.717, 1.165) is 11.1 Å². The van der Waals surface area contributed by atoms with Crippen molar-refractivity contribution in [3.8, 4) is 16.9 Å². The van der Waals surface area contributed by atoms with Crippen LogP contribution in [-0.2, 0) is 11.2 Å². The average Bonchev–Trinajstić information content (AvgIpc) is 2.74. The zero-order chi connectivity index (χ0) is 20.2. The van der Waals surface area contributed by atoms with Crippen molar-refractivity contribution in [1.82, 2.24) is 9.97 Å². The molecule has 0 aliphatic heterocycles. The number of rotatable bonds is 5. The predicted octanol–water partition coefficient (Wildman–Crippen LogP) is 3.78. The van der Waals surface area contributed by atoms with E-state index in [-0.39, 0.29) is 17.9 Å².